The SMILES string of the molecule is O=C(CC1CC2CCC1C2)NCC(F)(F)CO. The van der Waals surface area contributed by atoms with Gasteiger partial charge in [-0.25, -0.2) is 8.78 Å². The Kier molecular flexibility index (Phi) is 3.66. The summed E-state index contributed by atoms with van der Waals surface area (Å²) >= 11 is 0. The van der Waals surface area contributed by atoms with E-state index < -0.39 is 19.1 Å². The van der Waals surface area contributed by atoms with E-state index in [2.05, 4.69) is 5.32 Å². The molecule has 3 atom stereocenters. The molecule has 2 aliphatic carbocycles. The largest absolute Gasteiger partial charge is 0.390 e. The van der Waals surface area contributed by atoms with Crippen molar-refractivity contribution in [3.05, 3.63) is 0 Å². The van der Waals surface area contributed by atoms with E-state index in [4.69, 9.17) is 5.11 Å². The van der Waals surface area contributed by atoms with E-state index in [-0.39, 0.29) is 5.91 Å². The average Bonchev–Trinajstić information content (AvgIpc) is 2.88. The minimum atomic E-state index is -3.20. The third-order valence-corrected chi connectivity index (χ3v) is 4.11. The van der Waals surface area contributed by atoms with Crippen LogP contribution in [0.25, 0.3) is 0 Å². The molecule has 98 valence electrons. The number of hydrogen-bond acceptors (Lipinski definition) is 2. The molecule has 2 N–H and O–H groups in total. The zero-order chi connectivity index (χ0) is 12.5. The van der Waals surface area contributed by atoms with E-state index in [1.54, 1.807) is 0 Å². The lowest BCUT2D eigenvalue weighted by Crippen LogP contribution is -2.39. The van der Waals surface area contributed by atoms with E-state index in [0.717, 1.165) is 12.3 Å². The molecular weight excluding hydrogens is 228 g/mol. The standard InChI is InChI=1S/C12H19F2NO2/c13-12(14,7-16)6-15-11(17)5-10-4-8-1-2-9(10)3-8/h8-10,16H,1-7H2,(H,15,17). The van der Waals surface area contributed by atoms with Crippen molar-refractivity contribution in [1.29, 1.82) is 0 Å². The van der Waals surface area contributed by atoms with Crippen molar-refractivity contribution >= 4 is 5.91 Å². The molecule has 2 fully saturated rings. The second-order valence-electron chi connectivity index (χ2n) is 5.43. The number of hydrogen-bond donors (Lipinski definition) is 2. The van der Waals surface area contributed by atoms with Gasteiger partial charge in [0.05, 0.1) is 6.54 Å². The van der Waals surface area contributed by atoms with Gasteiger partial charge >= 0.3 is 0 Å². The first-order valence-electron chi connectivity index (χ1n) is 6.25. The summed E-state index contributed by atoms with van der Waals surface area (Å²) in [5, 5.41) is 10.6. The number of fused-ring (bicyclic) bond motifs is 2. The van der Waals surface area contributed by atoms with E-state index in [9.17, 15) is 13.6 Å². The Morgan fingerprint density at radius 1 is 1.35 bits per heavy atom. The molecule has 0 aliphatic heterocycles. The summed E-state index contributed by atoms with van der Waals surface area (Å²) in [4.78, 5) is 11.5. The van der Waals surface area contributed by atoms with Crippen LogP contribution < -0.4 is 5.32 Å². The van der Waals surface area contributed by atoms with E-state index in [0.29, 0.717) is 18.3 Å². The molecule has 2 bridgehead atoms. The van der Waals surface area contributed by atoms with E-state index in [1.165, 1.54) is 19.3 Å². The highest BCUT2D eigenvalue weighted by Gasteiger charge is 2.40. The van der Waals surface area contributed by atoms with Crippen LogP contribution in [0.3, 0.4) is 0 Å². The Bertz CT molecular complexity index is 296. The van der Waals surface area contributed by atoms with Crippen molar-refractivity contribution < 1.29 is 18.7 Å². The summed E-state index contributed by atoms with van der Waals surface area (Å²) in [7, 11) is 0. The number of carbonyl (C=O) groups is 1. The Labute approximate surface area is 99.6 Å². The number of carbonyl (C=O) groups excluding carboxylic acids is 1. The first-order valence-corrected chi connectivity index (χ1v) is 6.25. The van der Waals surface area contributed by atoms with Crippen molar-refractivity contribution in [1.82, 2.24) is 5.32 Å². The number of rotatable bonds is 5. The van der Waals surface area contributed by atoms with Gasteiger partial charge in [-0.2, -0.15) is 0 Å². The molecule has 3 unspecified atom stereocenters. The van der Waals surface area contributed by atoms with Crippen molar-refractivity contribution in [3.63, 3.8) is 0 Å². The van der Waals surface area contributed by atoms with Crippen LogP contribution in [0.4, 0.5) is 8.78 Å². The molecule has 0 aromatic heterocycles. The number of amides is 1. The van der Waals surface area contributed by atoms with Gasteiger partial charge in [0.15, 0.2) is 0 Å². The highest BCUT2D eigenvalue weighted by atomic mass is 19.3. The van der Waals surface area contributed by atoms with Gasteiger partial charge in [-0.15, -0.1) is 0 Å². The van der Waals surface area contributed by atoms with Crippen LogP contribution in [0.1, 0.15) is 32.1 Å². The van der Waals surface area contributed by atoms with Gasteiger partial charge in [0.25, 0.3) is 5.92 Å². The number of halogens is 2. The number of aliphatic hydroxyl groups is 1. The van der Waals surface area contributed by atoms with Gasteiger partial charge < -0.3 is 10.4 Å². The zero-order valence-electron chi connectivity index (χ0n) is 9.79. The maximum atomic E-state index is 12.7. The maximum Gasteiger partial charge on any atom is 0.287 e. The van der Waals surface area contributed by atoms with Crippen molar-refractivity contribution in [2.75, 3.05) is 13.2 Å². The normalized spacial score (nSPS) is 31.8. The predicted molar refractivity (Wildman–Crippen MR) is 58.6 cm³/mol. The van der Waals surface area contributed by atoms with Gasteiger partial charge in [0.2, 0.25) is 5.91 Å². The van der Waals surface area contributed by atoms with Crippen LogP contribution in [0.5, 0.6) is 0 Å². The quantitative estimate of drug-likeness (QED) is 0.774. The minimum absolute atomic E-state index is 0.310. The molecule has 2 saturated carbocycles. The smallest absolute Gasteiger partial charge is 0.287 e. The summed E-state index contributed by atoms with van der Waals surface area (Å²) in [5.41, 5.74) is 0. The molecule has 1 amide bonds. The molecule has 0 aromatic rings. The molecular formula is C12H19F2NO2. The first-order chi connectivity index (χ1) is 8.00. The Morgan fingerprint density at radius 3 is 2.65 bits per heavy atom. The van der Waals surface area contributed by atoms with Crippen LogP contribution in [0.2, 0.25) is 0 Å². The van der Waals surface area contributed by atoms with E-state index >= 15 is 0 Å². The monoisotopic (exact) mass is 247 g/mol. The van der Waals surface area contributed by atoms with Crippen LogP contribution in [0.15, 0.2) is 0 Å². The zero-order valence-corrected chi connectivity index (χ0v) is 9.79. The van der Waals surface area contributed by atoms with Crippen LogP contribution in [-0.4, -0.2) is 30.1 Å². The number of aliphatic hydroxyl groups excluding tert-OH is 1. The minimum Gasteiger partial charge on any atom is -0.390 e. The number of nitrogens with one attached hydrogen (secondary N) is 1. The fraction of sp³-hybridized carbons (Fsp3) is 0.917. The number of alkyl halides is 2. The summed E-state index contributed by atoms with van der Waals surface area (Å²) in [6.45, 7) is -1.98. The van der Waals surface area contributed by atoms with Crippen LogP contribution >= 0.6 is 0 Å². The highest BCUT2D eigenvalue weighted by Crippen LogP contribution is 2.49. The van der Waals surface area contributed by atoms with Crippen molar-refractivity contribution in [2.24, 2.45) is 17.8 Å². The Balaban J connectivity index is 1.71. The highest BCUT2D eigenvalue weighted by molar-refractivity contribution is 5.76. The Hall–Kier alpha value is -0.710. The second kappa shape index (κ2) is 4.88. The summed E-state index contributed by atoms with van der Waals surface area (Å²) in [6.07, 6.45) is 5.11. The predicted octanol–water partition coefficient (Wildman–Crippen LogP) is 1.56. The molecule has 0 heterocycles. The van der Waals surface area contributed by atoms with Gasteiger partial charge in [-0.05, 0) is 37.0 Å². The summed E-state index contributed by atoms with van der Waals surface area (Å²) in [6, 6.07) is 0. The fourth-order valence-corrected chi connectivity index (χ4v) is 3.22. The average molecular weight is 247 g/mol. The lowest BCUT2D eigenvalue weighted by molar-refractivity contribution is -0.125. The third kappa shape index (κ3) is 3.15. The molecule has 0 spiro atoms. The first kappa shape index (κ1) is 12.7. The van der Waals surface area contributed by atoms with E-state index in [1.807, 2.05) is 0 Å². The molecule has 0 radical (unpaired) electrons. The topological polar surface area (TPSA) is 49.3 Å². The Morgan fingerprint density at radius 2 is 2.12 bits per heavy atom. The lowest BCUT2D eigenvalue weighted by atomic mass is 9.86. The molecule has 2 rings (SSSR count). The molecule has 5 heteroatoms. The second-order valence-corrected chi connectivity index (χ2v) is 5.43. The van der Waals surface area contributed by atoms with Crippen LogP contribution in [-0.2, 0) is 4.79 Å². The van der Waals surface area contributed by atoms with Crippen LogP contribution in [0, 0.1) is 17.8 Å². The van der Waals surface area contributed by atoms with Gasteiger partial charge in [0.1, 0.15) is 6.61 Å². The maximum absolute atomic E-state index is 12.7. The van der Waals surface area contributed by atoms with Gasteiger partial charge in [0, 0.05) is 6.42 Å². The van der Waals surface area contributed by atoms with Crippen molar-refractivity contribution in [2.45, 2.75) is 38.0 Å². The molecule has 0 saturated heterocycles. The summed E-state index contributed by atoms with van der Waals surface area (Å²) < 4.78 is 25.4. The summed E-state index contributed by atoms with van der Waals surface area (Å²) in [5.74, 6) is -1.74. The third-order valence-electron chi connectivity index (χ3n) is 4.11. The van der Waals surface area contributed by atoms with Crippen molar-refractivity contribution in [3.8, 4) is 0 Å². The molecule has 0 aromatic carbocycles. The molecule has 17 heavy (non-hydrogen) atoms. The van der Waals surface area contributed by atoms with Gasteiger partial charge in [-0.3, -0.25) is 4.79 Å². The molecule has 2 aliphatic rings. The molecule has 3 nitrogen and oxygen atoms in total. The van der Waals surface area contributed by atoms with Gasteiger partial charge in [-0.1, -0.05) is 6.42 Å². The fourth-order valence-electron chi connectivity index (χ4n) is 3.22. The lowest BCUT2D eigenvalue weighted by Gasteiger charge is -2.21.